The normalized spacial score (nSPS) is 10.2. The number of rotatable bonds is 8. The number of nitro groups is 1. The van der Waals surface area contributed by atoms with Crippen LogP contribution in [0, 0.1) is 10.1 Å². The number of para-hydroxylation sites is 2. The van der Waals surface area contributed by atoms with Gasteiger partial charge in [0.2, 0.25) is 0 Å². The van der Waals surface area contributed by atoms with Gasteiger partial charge in [-0.15, -0.1) is 0 Å². The average Bonchev–Trinajstić information content (AvgIpc) is 2.78. The summed E-state index contributed by atoms with van der Waals surface area (Å²) in [5.41, 5.74) is 1.05. The van der Waals surface area contributed by atoms with Crippen LogP contribution in [0.15, 0.2) is 78.9 Å². The van der Waals surface area contributed by atoms with E-state index in [4.69, 9.17) is 4.74 Å². The molecule has 1 amide bonds. The number of ketones is 1. The molecule has 3 aromatic rings. The van der Waals surface area contributed by atoms with E-state index in [0.717, 1.165) is 0 Å². The molecule has 3 rings (SSSR count). The number of carbonyl (C=O) groups excluding carboxylic acids is 3. The van der Waals surface area contributed by atoms with Crippen molar-refractivity contribution in [2.45, 2.75) is 6.42 Å². The Morgan fingerprint density at radius 2 is 1.52 bits per heavy atom. The molecule has 0 aliphatic heterocycles. The SMILES string of the molecule is O=C(COC(=O)Cc1ccccc1[N+](=O)[O-])Nc1ccccc1C(=O)c1ccccc1. The number of nitrogens with one attached hydrogen (secondary N) is 1. The molecule has 0 aromatic heterocycles. The van der Waals surface area contributed by atoms with E-state index >= 15 is 0 Å². The average molecular weight is 418 g/mol. The third-order valence-electron chi connectivity index (χ3n) is 4.37. The highest BCUT2D eigenvalue weighted by molar-refractivity contribution is 6.13. The maximum Gasteiger partial charge on any atom is 0.311 e. The molecule has 0 saturated heterocycles. The van der Waals surface area contributed by atoms with E-state index in [9.17, 15) is 24.5 Å². The molecule has 0 atom stereocenters. The lowest BCUT2D eigenvalue weighted by molar-refractivity contribution is -0.385. The minimum atomic E-state index is -0.780. The number of benzene rings is 3. The summed E-state index contributed by atoms with van der Waals surface area (Å²) >= 11 is 0. The Kier molecular flexibility index (Phi) is 6.85. The standard InChI is InChI=1S/C23H18N2O6/c26-21(15-31-22(27)14-17-10-4-7-13-20(17)25(29)30)24-19-12-6-5-11-18(19)23(28)16-8-2-1-3-9-16/h1-13H,14-15H2,(H,24,26). The molecule has 3 aromatic carbocycles. The third kappa shape index (κ3) is 5.60. The van der Waals surface area contributed by atoms with Crippen LogP contribution in [0.3, 0.4) is 0 Å². The maximum atomic E-state index is 12.7. The largest absolute Gasteiger partial charge is 0.455 e. The summed E-state index contributed by atoms with van der Waals surface area (Å²) in [5.74, 6) is -1.67. The van der Waals surface area contributed by atoms with Crippen molar-refractivity contribution in [3.8, 4) is 0 Å². The monoisotopic (exact) mass is 418 g/mol. The van der Waals surface area contributed by atoms with E-state index in [-0.39, 0.29) is 29.1 Å². The van der Waals surface area contributed by atoms with E-state index in [1.807, 2.05) is 0 Å². The zero-order valence-electron chi connectivity index (χ0n) is 16.3. The number of hydrogen-bond acceptors (Lipinski definition) is 6. The fraction of sp³-hybridized carbons (Fsp3) is 0.0870. The lowest BCUT2D eigenvalue weighted by Crippen LogP contribution is -2.23. The Morgan fingerprint density at radius 1 is 0.871 bits per heavy atom. The summed E-state index contributed by atoms with van der Waals surface area (Å²) in [6.07, 6.45) is -0.340. The van der Waals surface area contributed by atoms with Gasteiger partial charge in [-0.05, 0) is 12.1 Å². The predicted octanol–water partition coefficient (Wildman–Crippen LogP) is 3.55. The molecule has 0 radical (unpaired) electrons. The molecule has 0 aliphatic rings. The van der Waals surface area contributed by atoms with Crippen molar-refractivity contribution >= 4 is 29.0 Å². The fourth-order valence-corrected chi connectivity index (χ4v) is 2.91. The van der Waals surface area contributed by atoms with Gasteiger partial charge in [-0.1, -0.05) is 60.7 Å². The number of carbonyl (C=O) groups is 3. The molecule has 0 unspecified atom stereocenters. The molecular formula is C23H18N2O6. The lowest BCUT2D eigenvalue weighted by atomic mass is 10.0. The first-order valence-electron chi connectivity index (χ1n) is 9.32. The number of nitro benzene ring substituents is 1. The highest BCUT2D eigenvalue weighted by atomic mass is 16.6. The zero-order chi connectivity index (χ0) is 22.2. The molecule has 1 N–H and O–H groups in total. The molecule has 0 bridgehead atoms. The summed E-state index contributed by atoms with van der Waals surface area (Å²) in [6.45, 7) is -0.590. The Balaban J connectivity index is 1.61. The molecule has 0 heterocycles. The van der Waals surface area contributed by atoms with Crippen molar-refractivity contribution in [1.82, 2.24) is 0 Å². The first-order chi connectivity index (χ1) is 15.0. The Labute approximate surface area is 177 Å². The second-order valence-corrected chi connectivity index (χ2v) is 6.51. The van der Waals surface area contributed by atoms with Gasteiger partial charge < -0.3 is 10.1 Å². The number of anilines is 1. The van der Waals surface area contributed by atoms with E-state index in [2.05, 4.69) is 5.32 Å². The van der Waals surface area contributed by atoms with Gasteiger partial charge in [0.25, 0.3) is 11.6 Å². The van der Waals surface area contributed by atoms with E-state index in [1.165, 1.54) is 18.2 Å². The van der Waals surface area contributed by atoms with E-state index in [0.29, 0.717) is 11.1 Å². The van der Waals surface area contributed by atoms with Gasteiger partial charge in [-0.25, -0.2) is 0 Å². The van der Waals surface area contributed by atoms with Crippen LogP contribution in [0.25, 0.3) is 0 Å². The van der Waals surface area contributed by atoms with Gasteiger partial charge in [-0.3, -0.25) is 24.5 Å². The van der Waals surface area contributed by atoms with Gasteiger partial charge in [0.15, 0.2) is 12.4 Å². The first kappa shape index (κ1) is 21.4. The first-order valence-corrected chi connectivity index (χ1v) is 9.32. The second kappa shape index (κ2) is 9.93. The van der Waals surface area contributed by atoms with Gasteiger partial charge >= 0.3 is 5.97 Å². The molecule has 0 fully saturated rings. The topological polar surface area (TPSA) is 116 Å². The lowest BCUT2D eigenvalue weighted by Gasteiger charge is -2.11. The number of amides is 1. The smallest absolute Gasteiger partial charge is 0.311 e. The van der Waals surface area contributed by atoms with Crippen LogP contribution >= 0.6 is 0 Å². The van der Waals surface area contributed by atoms with Crippen molar-refractivity contribution < 1.29 is 24.0 Å². The molecule has 0 spiro atoms. The summed E-state index contributed by atoms with van der Waals surface area (Å²) < 4.78 is 4.94. The number of nitrogens with zero attached hydrogens (tertiary/aromatic N) is 1. The Morgan fingerprint density at radius 3 is 2.26 bits per heavy atom. The van der Waals surface area contributed by atoms with Crippen LogP contribution < -0.4 is 5.32 Å². The number of ether oxygens (including phenoxy) is 1. The summed E-state index contributed by atoms with van der Waals surface area (Å²) in [6, 6.07) is 20.9. The summed E-state index contributed by atoms with van der Waals surface area (Å²) in [7, 11) is 0. The third-order valence-corrected chi connectivity index (χ3v) is 4.37. The summed E-state index contributed by atoms with van der Waals surface area (Å²) in [5, 5.41) is 13.6. The molecule has 0 saturated carbocycles. The molecular weight excluding hydrogens is 400 g/mol. The van der Waals surface area contributed by atoms with E-state index in [1.54, 1.807) is 60.7 Å². The highest BCUT2D eigenvalue weighted by Gasteiger charge is 2.18. The summed E-state index contributed by atoms with van der Waals surface area (Å²) in [4.78, 5) is 47.4. The Hall–Kier alpha value is -4.33. The Bertz CT molecular complexity index is 1130. The minimum absolute atomic E-state index is 0.191. The van der Waals surface area contributed by atoms with E-state index < -0.39 is 23.4 Å². The fourth-order valence-electron chi connectivity index (χ4n) is 2.91. The van der Waals surface area contributed by atoms with Crippen molar-refractivity contribution in [3.63, 3.8) is 0 Å². The number of esters is 1. The van der Waals surface area contributed by atoms with Crippen LogP contribution in [-0.4, -0.2) is 29.2 Å². The van der Waals surface area contributed by atoms with Crippen LogP contribution in [0.1, 0.15) is 21.5 Å². The quantitative estimate of drug-likeness (QED) is 0.259. The highest BCUT2D eigenvalue weighted by Crippen LogP contribution is 2.20. The predicted molar refractivity (Wildman–Crippen MR) is 113 cm³/mol. The molecule has 156 valence electrons. The van der Waals surface area contributed by atoms with Crippen molar-refractivity contribution in [2.24, 2.45) is 0 Å². The molecule has 0 aliphatic carbocycles. The van der Waals surface area contributed by atoms with Gasteiger partial charge in [0.05, 0.1) is 17.0 Å². The molecule has 8 heteroatoms. The molecule has 8 nitrogen and oxygen atoms in total. The van der Waals surface area contributed by atoms with Crippen molar-refractivity contribution in [3.05, 3.63) is 106 Å². The van der Waals surface area contributed by atoms with Gasteiger partial charge in [0.1, 0.15) is 0 Å². The molecule has 31 heavy (non-hydrogen) atoms. The van der Waals surface area contributed by atoms with Gasteiger partial charge in [0, 0.05) is 22.8 Å². The van der Waals surface area contributed by atoms with Crippen LogP contribution in [0.4, 0.5) is 11.4 Å². The van der Waals surface area contributed by atoms with Crippen LogP contribution in [0.2, 0.25) is 0 Å². The van der Waals surface area contributed by atoms with Gasteiger partial charge in [-0.2, -0.15) is 0 Å². The van der Waals surface area contributed by atoms with Crippen molar-refractivity contribution in [2.75, 3.05) is 11.9 Å². The minimum Gasteiger partial charge on any atom is -0.455 e. The maximum absolute atomic E-state index is 12.7. The van der Waals surface area contributed by atoms with Crippen molar-refractivity contribution in [1.29, 1.82) is 0 Å². The van der Waals surface area contributed by atoms with Crippen LogP contribution in [0.5, 0.6) is 0 Å². The number of hydrogen-bond donors (Lipinski definition) is 1. The second-order valence-electron chi connectivity index (χ2n) is 6.51. The van der Waals surface area contributed by atoms with Crippen LogP contribution in [-0.2, 0) is 20.7 Å². The zero-order valence-corrected chi connectivity index (χ0v) is 16.3.